The molecule has 3 N–H and O–H groups in total. The van der Waals surface area contributed by atoms with Crippen LogP contribution in [0.2, 0.25) is 0 Å². The van der Waals surface area contributed by atoms with Gasteiger partial charge in [0.15, 0.2) is 5.96 Å². The maximum atomic E-state index is 12.2. The summed E-state index contributed by atoms with van der Waals surface area (Å²) in [6, 6.07) is 7.21. The average Bonchev–Trinajstić information content (AvgIpc) is 2.63. The first-order valence-electron chi connectivity index (χ1n) is 10.1. The van der Waals surface area contributed by atoms with Crippen LogP contribution in [0.25, 0.3) is 0 Å². The molecular formula is C21H35F3IN3O2. The highest BCUT2D eigenvalue weighted by atomic mass is 127. The Hall–Kier alpha value is -1.07. The molecule has 1 rings (SSSR count). The van der Waals surface area contributed by atoms with Crippen molar-refractivity contribution in [2.45, 2.75) is 52.9 Å². The van der Waals surface area contributed by atoms with E-state index in [4.69, 9.17) is 4.74 Å². The third kappa shape index (κ3) is 14.0. The van der Waals surface area contributed by atoms with Crippen molar-refractivity contribution in [3.8, 4) is 0 Å². The molecule has 5 nitrogen and oxygen atoms in total. The third-order valence-electron chi connectivity index (χ3n) is 4.19. The van der Waals surface area contributed by atoms with Gasteiger partial charge < -0.3 is 20.5 Å². The van der Waals surface area contributed by atoms with Crippen LogP contribution in [-0.4, -0.2) is 43.5 Å². The SMILES string of the molecule is CCNC(=NCc1cccc(COCC(F)(F)F)c1)NCC(CCO)CC(C)C.I. The maximum Gasteiger partial charge on any atom is 0.411 e. The number of ether oxygens (including phenoxy) is 1. The van der Waals surface area contributed by atoms with Crippen LogP contribution < -0.4 is 10.6 Å². The number of alkyl halides is 3. The summed E-state index contributed by atoms with van der Waals surface area (Å²) in [7, 11) is 0. The summed E-state index contributed by atoms with van der Waals surface area (Å²) in [5.74, 6) is 1.59. The van der Waals surface area contributed by atoms with E-state index in [1.807, 2.05) is 13.0 Å². The molecule has 0 fully saturated rings. The van der Waals surface area contributed by atoms with E-state index in [0.29, 0.717) is 36.4 Å². The minimum absolute atomic E-state index is 0. The van der Waals surface area contributed by atoms with E-state index in [9.17, 15) is 18.3 Å². The number of hydrogen-bond donors (Lipinski definition) is 3. The normalized spacial score (nSPS) is 13.1. The van der Waals surface area contributed by atoms with Crippen molar-refractivity contribution in [3.63, 3.8) is 0 Å². The quantitative estimate of drug-likeness (QED) is 0.206. The average molecular weight is 545 g/mol. The van der Waals surface area contributed by atoms with E-state index < -0.39 is 12.8 Å². The van der Waals surface area contributed by atoms with Gasteiger partial charge in [0.05, 0.1) is 13.2 Å². The van der Waals surface area contributed by atoms with Crippen LogP contribution in [0.3, 0.4) is 0 Å². The Morgan fingerprint density at radius 3 is 2.50 bits per heavy atom. The molecule has 1 aromatic rings. The van der Waals surface area contributed by atoms with Gasteiger partial charge in [-0.25, -0.2) is 4.99 Å². The summed E-state index contributed by atoms with van der Waals surface area (Å²) in [4.78, 5) is 4.57. The van der Waals surface area contributed by atoms with Gasteiger partial charge in [-0.05, 0) is 42.7 Å². The predicted octanol–water partition coefficient (Wildman–Crippen LogP) is 4.48. The van der Waals surface area contributed by atoms with Crippen LogP contribution in [0.5, 0.6) is 0 Å². The minimum Gasteiger partial charge on any atom is -0.396 e. The highest BCUT2D eigenvalue weighted by Gasteiger charge is 2.27. The lowest BCUT2D eigenvalue weighted by Crippen LogP contribution is -2.40. The molecule has 0 amide bonds. The zero-order valence-corrected chi connectivity index (χ0v) is 20.3. The van der Waals surface area contributed by atoms with Gasteiger partial charge in [-0.1, -0.05) is 38.1 Å². The van der Waals surface area contributed by atoms with Crippen molar-refractivity contribution in [1.82, 2.24) is 10.6 Å². The van der Waals surface area contributed by atoms with Crippen LogP contribution >= 0.6 is 24.0 Å². The van der Waals surface area contributed by atoms with E-state index in [2.05, 4.69) is 29.5 Å². The summed E-state index contributed by atoms with van der Waals surface area (Å²) in [5.41, 5.74) is 1.57. The predicted molar refractivity (Wildman–Crippen MR) is 125 cm³/mol. The van der Waals surface area contributed by atoms with Crippen molar-refractivity contribution >= 4 is 29.9 Å². The van der Waals surface area contributed by atoms with Crippen LogP contribution in [-0.2, 0) is 17.9 Å². The van der Waals surface area contributed by atoms with Crippen LogP contribution in [0, 0.1) is 11.8 Å². The number of aliphatic imine (C=N–C) groups is 1. The van der Waals surface area contributed by atoms with Gasteiger partial charge in [0, 0.05) is 19.7 Å². The summed E-state index contributed by atoms with van der Waals surface area (Å²) in [6.07, 6.45) is -2.56. The van der Waals surface area contributed by atoms with Crippen LogP contribution in [0.1, 0.15) is 44.7 Å². The summed E-state index contributed by atoms with van der Waals surface area (Å²) >= 11 is 0. The molecule has 0 aliphatic rings. The van der Waals surface area contributed by atoms with Crippen molar-refractivity contribution in [3.05, 3.63) is 35.4 Å². The molecule has 0 radical (unpaired) electrons. The van der Waals surface area contributed by atoms with Gasteiger partial charge in [0.1, 0.15) is 6.61 Å². The molecule has 0 aliphatic heterocycles. The summed E-state index contributed by atoms with van der Waals surface area (Å²) in [6.45, 7) is 6.96. The Morgan fingerprint density at radius 1 is 1.20 bits per heavy atom. The number of nitrogens with zero attached hydrogens (tertiary/aromatic N) is 1. The van der Waals surface area contributed by atoms with Crippen LogP contribution in [0.4, 0.5) is 13.2 Å². The topological polar surface area (TPSA) is 65.9 Å². The minimum atomic E-state index is -4.32. The summed E-state index contributed by atoms with van der Waals surface area (Å²) in [5, 5.41) is 15.8. The number of aliphatic hydroxyl groups excluding tert-OH is 1. The molecule has 174 valence electrons. The molecule has 0 saturated carbocycles. The zero-order valence-electron chi connectivity index (χ0n) is 18.0. The number of rotatable bonds is 12. The molecular weight excluding hydrogens is 510 g/mol. The zero-order chi connectivity index (χ0) is 21.7. The molecule has 1 atom stereocenters. The first kappa shape index (κ1) is 28.9. The number of halogens is 4. The fourth-order valence-electron chi connectivity index (χ4n) is 3.01. The van der Waals surface area contributed by atoms with E-state index in [1.54, 1.807) is 18.2 Å². The lowest BCUT2D eigenvalue weighted by atomic mass is 9.94. The second kappa shape index (κ2) is 15.7. The van der Waals surface area contributed by atoms with E-state index in [1.165, 1.54) is 0 Å². The Balaban J connectivity index is 0.00000841. The van der Waals surface area contributed by atoms with Gasteiger partial charge >= 0.3 is 6.18 Å². The van der Waals surface area contributed by atoms with Gasteiger partial charge in [0.25, 0.3) is 0 Å². The van der Waals surface area contributed by atoms with E-state index in [0.717, 1.165) is 24.9 Å². The number of benzene rings is 1. The van der Waals surface area contributed by atoms with Gasteiger partial charge in [-0.15, -0.1) is 24.0 Å². The number of guanidine groups is 1. The molecule has 0 heterocycles. The molecule has 0 saturated heterocycles. The maximum absolute atomic E-state index is 12.2. The fourth-order valence-corrected chi connectivity index (χ4v) is 3.01. The van der Waals surface area contributed by atoms with E-state index in [-0.39, 0.29) is 37.2 Å². The van der Waals surface area contributed by atoms with E-state index >= 15 is 0 Å². The summed E-state index contributed by atoms with van der Waals surface area (Å²) < 4.78 is 41.3. The Kier molecular flexibility index (Phi) is 15.1. The molecule has 0 spiro atoms. The fraction of sp³-hybridized carbons (Fsp3) is 0.667. The molecule has 0 aliphatic carbocycles. The highest BCUT2D eigenvalue weighted by molar-refractivity contribution is 14.0. The largest absolute Gasteiger partial charge is 0.411 e. The highest BCUT2D eigenvalue weighted by Crippen LogP contribution is 2.16. The van der Waals surface area contributed by atoms with Gasteiger partial charge in [0.2, 0.25) is 0 Å². The second-order valence-electron chi connectivity index (χ2n) is 7.51. The molecule has 0 aromatic heterocycles. The molecule has 9 heteroatoms. The molecule has 30 heavy (non-hydrogen) atoms. The smallest absolute Gasteiger partial charge is 0.396 e. The van der Waals surface area contributed by atoms with Crippen molar-refractivity contribution in [1.29, 1.82) is 0 Å². The lowest BCUT2D eigenvalue weighted by molar-refractivity contribution is -0.176. The molecule has 1 unspecified atom stereocenters. The van der Waals surface area contributed by atoms with Crippen molar-refractivity contribution < 1.29 is 23.0 Å². The lowest BCUT2D eigenvalue weighted by Gasteiger charge is -2.20. The van der Waals surface area contributed by atoms with Crippen molar-refractivity contribution in [2.24, 2.45) is 16.8 Å². The second-order valence-corrected chi connectivity index (χ2v) is 7.51. The monoisotopic (exact) mass is 545 g/mol. The van der Waals surface area contributed by atoms with Gasteiger partial charge in [-0.2, -0.15) is 13.2 Å². The van der Waals surface area contributed by atoms with Crippen molar-refractivity contribution in [2.75, 3.05) is 26.3 Å². The Bertz CT molecular complexity index is 613. The third-order valence-corrected chi connectivity index (χ3v) is 4.19. The number of hydrogen-bond acceptors (Lipinski definition) is 3. The Morgan fingerprint density at radius 2 is 1.90 bits per heavy atom. The standard InChI is InChI=1S/C21H34F3N3O2.HI/c1-4-25-20(27-13-18(8-9-28)10-16(2)3)26-12-17-6-5-7-19(11-17)14-29-15-21(22,23)24;/h5-7,11,16,18,28H,4,8-10,12-15H2,1-3H3,(H2,25,26,27);1H. The number of aliphatic hydroxyl groups is 1. The molecule has 1 aromatic carbocycles. The number of nitrogens with one attached hydrogen (secondary N) is 2. The van der Waals surface area contributed by atoms with Gasteiger partial charge in [-0.3, -0.25) is 0 Å². The van der Waals surface area contributed by atoms with Crippen LogP contribution in [0.15, 0.2) is 29.3 Å². The first-order valence-corrected chi connectivity index (χ1v) is 10.1. The first-order chi connectivity index (χ1) is 13.7. The molecule has 0 bridgehead atoms. The Labute approximate surface area is 194 Å².